The molecule has 6 nitrogen and oxygen atoms in total. The molecular formula is C24H27N3O3S. The highest BCUT2D eigenvalue weighted by molar-refractivity contribution is 7.09. The number of carbonyl (C=O) groups excluding carboxylic acids is 1. The summed E-state index contributed by atoms with van der Waals surface area (Å²) in [6, 6.07) is 13.9. The Hall–Kier alpha value is -2.90. The molecule has 0 radical (unpaired) electrons. The number of nitrogens with zero attached hydrogens (tertiary/aromatic N) is 2. The Labute approximate surface area is 186 Å². The fourth-order valence-electron chi connectivity index (χ4n) is 4.10. The topological polar surface area (TPSA) is 63.7 Å². The van der Waals surface area contributed by atoms with Crippen molar-refractivity contribution in [1.82, 2.24) is 9.88 Å². The molecule has 4 rings (SSSR count). The lowest BCUT2D eigenvalue weighted by Gasteiger charge is -2.26. The minimum atomic E-state index is -0.0222. The number of benzene rings is 2. The lowest BCUT2D eigenvalue weighted by atomic mass is 10.0. The summed E-state index contributed by atoms with van der Waals surface area (Å²) < 4.78 is 10.9. The van der Waals surface area contributed by atoms with Crippen LogP contribution in [0.15, 0.2) is 47.8 Å². The normalized spacial score (nSPS) is 16.3. The second kappa shape index (κ2) is 9.49. The summed E-state index contributed by atoms with van der Waals surface area (Å²) in [4.78, 5) is 19.6. The van der Waals surface area contributed by atoms with Crippen LogP contribution in [-0.2, 0) is 4.79 Å². The SMILES string of the molecule is COc1ccc([C@H]2CCCN2CC(=O)Nc2cccc(-c3csc(C)n3)c2)c(OC)c1. The summed E-state index contributed by atoms with van der Waals surface area (Å²) in [5, 5.41) is 6.11. The van der Waals surface area contributed by atoms with Crippen LogP contribution in [0, 0.1) is 6.92 Å². The molecule has 0 bridgehead atoms. The molecule has 1 atom stereocenters. The number of aromatic nitrogens is 1. The first-order valence-corrected chi connectivity index (χ1v) is 11.2. The summed E-state index contributed by atoms with van der Waals surface area (Å²) in [6.07, 6.45) is 2.04. The highest BCUT2D eigenvalue weighted by Crippen LogP contribution is 2.38. The molecule has 1 aliphatic heterocycles. The van der Waals surface area contributed by atoms with Crippen LogP contribution in [0.3, 0.4) is 0 Å². The molecule has 0 aliphatic carbocycles. The van der Waals surface area contributed by atoms with Crippen molar-refractivity contribution >= 4 is 22.9 Å². The predicted molar refractivity (Wildman–Crippen MR) is 124 cm³/mol. The molecular weight excluding hydrogens is 410 g/mol. The Kier molecular flexibility index (Phi) is 6.53. The van der Waals surface area contributed by atoms with E-state index < -0.39 is 0 Å². The van der Waals surface area contributed by atoms with Crippen molar-refractivity contribution in [1.29, 1.82) is 0 Å². The van der Waals surface area contributed by atoms with Gasteiger partial charge in [-0.1, -0.05) is 18.2 Å². The van der Waals surface area contributed by atoms with Crippen LogP contribution in [0.25, 0.3) is 11.3 Å². The maximum Gasteiger partial charge on any atom is 0.238 e. The lowest BCUT2D eigenvalue weighted by molar-refractivity contribution is -0.117. The average Bonchev–Trinajstić information content (AvgIpc) is 3.42. The number of nitrogens with one attached hydrogen (secondary N) is 1. The molecule has 1 saturated heterocycles. The van der Waals surface area contributed by atoms with Gasteiger partial charge in [0.2, 0.25) is 5.91 Å². The Balaban J connectivity index is 1.45. The Morgan fingerprint density at radius 1 is 1.23 bits per heavy atom. The maximum atomic E-state index is 12.8. The second-order valence-corrected chi connectivity index (χ2v) is 8.68. The zero-order valence-corrected chi connectivity index (χ0v) is 18.9. The van der Waals surface area contributed by atoms with Gasteiger partial charge in [-0.05, 0) is 44.5 Å². The second-order valence-electron chi connectivity index (χ2n) is 7.62. The van der Waals surface area contributed by atoms with Crippen LogP contribution in [0.4, 0.5) is 5.69 Å². The van der Waals surface area contributed by atoms with Crippen LogP contribution in [0.1, 0.15) is 29.5 Å². The molecule has 1 aromatic heterocycles. The van der Waals surface area contributed by atoms with E-state index in [2.05, 4.69) is 15.2 Å². The largest absolute Gasteiger partial charge is 0.497 e. The fourth-order valence-corrected chi connectivity index (χ4v) is 4.72. The summed E-state index contributed by atoms with van der Waals surface area (Å²) in [6.45, 7) is 3.20. The monoisotopic (exact) mass is 437 g/mol. The number of thiazole rings is 1. The first-order valence-electron chi connectivity index (χ1n) is 10.4. The van der Waals surface area contributed by atoms with Crippen molar-refractivity contribution in [3.63, 3.8) is 0 Å². The number of rotatable bonds is 7. The van der Waals surface area contributed by atoms with Crippen LogP contribution >= 0.6 is 11.3 Å². The maximum absolute atomic E-state index is 12.8. The third-order valence-corrected chi connectivity index (χ3v) is 6.34. The van der Waals surface area contributed by atoms with Crippen LogP contribution < -0.4 is 14.8 Å². The number of methoxy groups -OCH3 is 2. The summed E-state index contributed by atoms with van der Waals surface area (Å²) in [5.41, 5.74) is 3.81. The lowest BCUT2D eigenvalue weighted by Crippen LogP contribution is -2.33. The van der Waals surface area contributed by atoms with Gasteiger partial charge in [-0.2, -0.15) is 0 Å². The van der Waals surface area contributed by atoms with Crippen molar-refractivity contribution in [3.05, 3.63) is 58.4 Å². The number of aryl methyl sites for hydroxylation is 1. The van der Waals surface area contributed by atoms with Gasteiger partial charge in [-0.15, -0.1) is 11.3 Å². The third-order valence-electron chi connectivity index (χ3n) is 5.57. The molecule has 1 fully saturated rings. The standard InChI is InChI=1S/C24H27N3O3S/c1-16-25-21(15-31-16)17-6-4-7-18(12-17)26-24(28)14-27-11-5-8-22(27)20-10-9-19(29-2)13-23(20)30-3/h4,6-7,9-10,12-13,15,22H,5,8,11,14H2,1-3H3,(H,26,28)/t22-/m1/s1. The van der Waals surface area contributed by atoms with E-state index in [9.17, 15) is 4.79 Å². The molecule has 1 N–H and O–H groups in total. The molecule has 0 saturated carbocycles. The van der Waals surface area contributed by atoms with Gasteiger partial charge < -0.3 is 14.8 Å². The van der Waals surface area contributed by atoms with Gasteiger partial charge in [0.25, 0.3) is 0 Å². The number of likely N-dealkylation sites (tertiary alicyclic amines) is 1. The van der Waals surface area contributed by atoms with Gasteiger partial charge in [0.15, 0.2) is 0 Å². The first-order chi connectivity index (χ1) is 15.1. The molecule has 1 amide bonds. The van der Waals surface area contributed by atoms with Gasteiger partial charge in [-0.3, -0.25) is 9.69 Å². The molecule has 7 heteroatoms. The molecule has 162 valence electrons. The smallest absolute Gasteiger partial charge is 0.238 e. The van der Waals surface area contributed by atoms with Gasteiger partial charge in [-0.25, -0.2) is 4.98 Å². The van der Waals surface area contributed by atoms with Gasteiger partial charge in [0.05, 0.1) is 31.5 Å². The van der Waals surface area contributed by atoms with Crippen molar-refractivity contribution < 1.29 is 14.3 Å². The zero-order chi connectivity index (χ0) is 21.8. The Morgan fingerprint density at radius 2 is 2.10 bits per heavy atom. The van der Waals surface area contributed by atoms with E-state index in [1.165, 1.54) is 0 Å². The molecule has 31 heavy (non-hydrogen) atoms. The van der Waals surface area contributed by atoms with Crippen LogP contribution in [-0.4, -0.2) is 43.1 Å². The van der Waals surface area contributed by atoms with Crippen molar-refractivity contribution in [2.45, 2.75) is 25.8 Å². The predicted octanol–water partition coefficient (Wildman–Crippen LogP) is 4.91. The van der Waals surface area contributed by atoms with E-state index in [0.29, 0.717) is 6.54 Å². The number of hydrogen-bond donors (Lipinski definition) is 1. The molecule has 0 unspecified atom stereocenters. The minimum absolute atomic E-state index is 0.0222. The molecule has 2 aromatic carbocycles. The summed E-state index contributed by atoms with van der Waals surface area (Å²) in [7, 11) is 3.31. The Morgan fingerprint density at radius 3 is 2.84 bits per heavy atom. The Bertz CT molecular complexity index is 1070. The number of ether oxygens (including phenoxy) is 2. The van der Waals surface area contributed by atoms with E-state index in [4.69, 9.17) is 9.47 Å². The number of amides is 1. The summed E-state index contributed by atoms with van der Waals surface area (Å²) >= 11 is 1.62. The number of carbonyl (C=O) groups is 1. The van der Waals surface area contributed by atoms with Gasteiger partial charge in [0, 0.05) is 34.3 Å². The first kappa shape index (κ1) is 21.3. The van der Waals surface area contributed by atoms with E-state index in [1.54, 1.807) is 25.6 Å². The van der Waals surface area contributed by atoms with Crippen molar-refractivity contribution in [2.24, 2.45) is 0 Å². The van der Waals surface area contributed by atoms with Gasteiger partial charge >= 0.3 is 0 Å². The number of anilines is 1. The van der Waals surface area contributed by atoms with Crippen LogP contribution in [0.5, 0.6) is 11.5 Å². The van der Waals surface area contributed by atoms with E-state index >= 15 is 0 Å². The quantitative estimate of drug-likeness (QED) is 0.569. The number of hydrogen-bond acceptors (Lipinski definition) is 6. The highest BCUT2D eigenvalue weighted by atomic mass is 32.1. The fraction of sp³-hybridized carbons (Fsp3) is 0.333. The molecule has 2 heterocycles. The molecule has 0 spiro atoms. The highest BCUT2D eigenvalue weighted by Gasteiger charge is 2.30. The van der Waals surface area contributed by atoms with E-state index in [0.717, 1.165) is 58.4 Å². The third kappa shape index (κ3) is 4.89. The van der Waals surface area contributed by atoms with Crippen molar-refractivity contribution in [3.8, 4) is 22.8 Å². The molecule has 1 aliphatic rings. The zero-order valence-electron chi connectivity index (χ0n) is 18.1. The minimum Gasteiger partial charge on any atom is -0.497 e. The van der Waals surface area contributed by atoms with Crippen LogP contribution in [0.2, 0.25) is 0 Å². The van der Waals surface area contributed by atoms with Crippen molar-refractivity contribution in [2.75, 3.05) is 32.6 Å². The average molecular weight is 438 g/mol. The van der Waals surface area contributed by atoms with Gasteiger partial charge in [0.1, 0.15) is 11.5 Å². The summed E-state index contributed by atoms with van der Waals surface area (Å²) in [5.74, 6) is 1.53. The van der Waals surface area contributed by atoms with E-state index in [1.807, 2.05) is 54.8 Å². The van der Waals surface area contributed by atoms with E-state index in [-0.39, 0.29) is 11.9 Å². The molecule has 3 aromatic rings.